The third-order valence-electron chi connectivity index (χ3n) is 4.55. The molecule has 0 fully saturated rings. The van der Waals surface area contributed by atoms with Gasteiger partial charge in [-0.15, -0.1) is 0 Å². The van der Waals surface area contributed by atoms with Crippen LogP contribution in [0, 0.1) is 17.8 Å². The first kappa shape index (κ1) is 11.4. The summed E-state index contributed by atoms with van der Waals surface area (Å²) in [5.41, 5.74) is 4.75. The minimum atomic E-state index is 0.746. The lowest BCUT2D eigenvalue weighted by Crippen LogP contribution is -2.09. The van der Waals surface area contributed by atoms with E-state index < -0.39 is 0 Å². The summed E-state index contributed by atoms with van der Waals surface area (Å²) in [5.74, 6) is 2.31. The largest absolute Gasteiger partial charge is 0.0704 e. The third-order valence-corrected chi connectivity index (χ3v) is 4.55. The van der Waals surface area contributed by atoms with Crippen LogP contribution in [-0.2, 0) is 6.42 Å². The predicted octanol–water partition coefficient (Wildman–Crippen LogP) is 4.47. The Balaban J connectivity index is 2.22. The fourth-order valence-corrected chi connectivity index (χ4v) is 2.91. The summed E-state index contributed by atoms with van der Waals surface area (Å²) in [5, 5.41) is 0. The molecule has 0 nitrogen and oxygen atoms in total. The average molecular weight is 214 g/mol. The average Bonchev–Trinajstić information content (AvgIpc) is 2.48. The molecule has 0 aliphatic heterocycles. The van der Waals surface area contributed by atoms with Crippen LogP contribution in [0.5, 0.6) is 0 Å². The van der Waals surface area contributed by atoms with Gasteiger partial charge in [0.05, 0.1) is 0 Å². The molecule has 1 aliphatic carbocycles. The number of hydrogen-bond donors (Lipinski definition) is 0. The van der Waals surface area contributed by atoms with E-state index in [2.05, 4.69) is 58.0 Å². The van der Waals surface area contributed by atoms with E-state index in [9.17, 15) is 0 Å². The van der Waals surface area contributed by atoms with E-state index in [1.54, 1.807) is 11.1 Å². The highest BCUT2D eigenvalue weighted by Gasteiger charge is 2.31. The highest BCUT2D eigenvalue weighted by Crippen LogP contribution is 2.42. The highest BCUT2D eigenvalue weighted by molar-refractivity contribution is 5.31. The number of allylic oxidation sites excluding steroid dienone is 2. The summed E-state index contributed by atoms with van der Waals surface area (Å²) in [4.78, 5) is 0. The molecule has 0 heteroatoms. The standard InChI is InChI=1S/C16H22/c1-11-12(2)14(4)16(13(11)3)10-15-8-6-5-7-9-15/h5-9,11-13H,10H2,1-4H3. The smallest absolute Gasteiger partial charge is 0.00616 e. The molecule has 0 radical (unpaired) electrons. The zero-order valence-corrected chi connectivity index (χ0v) is 10.8. The summed E-state index contributed by atoms with van der Waals surface area (Å²) in [7, 11) is 0. The van der Waals surface area contributed by atoms with E-state index in [0.717, 1.165) is 24.2 Å². The highest BCUT2D eigenvalue weighted by atomic mass is 14.4. The Kier molecular flexibility index (Phi) is 3.18. The van der Waals surface area contributed by atoms with Crippen LogP contribution in [0.25, 0.3) is 0 Å². The molecule has 16 heavy (non-hydrogen) atoms. The topological polar surface area (TPSA) is 0 Å². The zero-order valence-electron chi connectivity index (χ0n) is 10.8. The molecule has 0 bridgehead atoms. The van der Waals surface area contributed by atoms with Crippen LogP contribution in [0.1, 0.15) is 33.3 Å². The van der Waals surface area contributed by atoms with Gasteiger partial charge in [0, 0.05) is 0 Å². The molecule has 1 aromatic carbocycles. The van der Waals surface area contributed by atoms with E-state index in [4.69, 9.17) is 0 Å². The van der Waals surface area contributed by atoms with Crippen LogP contribution >= 0.6 is 0 Å². The third kappa shape index (κ3) is 1.93. The molecule has 1 aliphatic rings. The van der Waals surface area contributed by atoms with E-state index in [-0.39, 0.29) is 0 Å². The van der Waals surface area contributed by atoms with Gasteiger partial charge in [0.15, 0.2) is 0 Å². The number of hydrogen-bond acceptors (Lipinski definition) is 0. The van der Waals surface area contributed by atoms with Gasteiger partial charge in [-0.25, -0.2) is 0 Å². The Labute approximate surface area is 99.4 Å². The van der Waals surface area contributed by atoms with Crippen molar-refractivity contribution in [2.45, 2.75) is 34.1 Å². The first-order valence-electron chi connectivity index (χ1n) is 6.34. The molecule has 0 amide bonds. The van der Waals surface area contributed by atoms with Crippen molar-refractivity contribution in [1.82, 2.24) is 0 Å². The van der Waals surface area contributed by atoms with Crippen LogP contribution in [0.3, 0.4) is 0 Å². The lowest BCUT2D eigenvalue weighted by atomic mass is 9.88. The second-order valence-electron chi connectivity index (χ2n) is 5.31. The van der Waals surface area contributed by atoms with Gasteiger partial charge in [-0.2, -0.15) is 0 Å². The van der Waals surface area contributed by atoms with E-state index >= 15 is 0 Å². The maximum Gasteiger partial charge on any atom is -0.00616 e. The van der Waals surface area contributed by atoms with Crippen molar-refractivity contribution in [3.8, 4) is 0 Å². The molecule has 2 rings (SSSR count). The molecule has 0 heterocycles. The number of benzene rings is 1. The molecule has 0 aromatic heterocycles. The first-order chi connectivity index (χ1) is 7.61. The van der Waals surface area contributed by atoms with Crippen molar-refractivity contribution in [2.75, 3.05) is 0 Å². The summed E-state index contributed by atoms with van der Waals surface area (Å²) in [6, 6.07) is 10.8. The first-order valence-corrected chi connectivity index (χ1v) is 6.34. The molecule has 3 unspecified atom stereocenters. The van der Waals surface area contributed by atoms with Crippen molar-refractivity contribution in [1.29, 1.82) is 0 Å². The van der Waals surface area contributed by atoms with E-state index in [1.165, 1.54) is 5.56 Å². The molecule has 0 saturated heterocycles. The molecule has 0 saturated carbocycles. The Bertz CT molecular complexity index is 386. The number of rotatable bonds is 2. The summed E-state index contributed by atoms with van der Waals surface area (Å²) in [6.07, 6.45) is 1.14. The van der Waals surface area contributed by atoms with Gasteiger partial charge in [0.2, 0.25) is 0 Å². The molecule has 86 valence electrons. The van der Waals surface area contributed by atoms with Gasteiger partial charge in [-0.3, -0.25) is 0 Å². The molecular formula is C16H22. The van der Waals surface area contributed by atoms with Gasteiger partial charge < -0.3 is 0 Å². The van der Waals surface area contributed by atoms with Gasteiger partial charge in [-0.1, -0.05) is 62.2 Å². The molecule has 0 N–H and O–H groups in total. The van der Waals surface area contributed by atoms with Gasteiger partial charge in [-0.05, 0) is 36.7 Å². The van der Waals surface area contributed by atoms with Crippen LogP contribution < -0.4 is 0 Å². The normalized spacial score (nSPS) is 29.9. The van der Waals surface area contributed by atoms with Gasteiger partial charge in [0.25, 0.3) is 0 Å². The van der Waals surface area contributed by atoms with Gasteiger partial charge in [0.1, 0.15) is 0 Å². The predicted molar refractivity (Wildman–Crippen MR) is 70.3 cm³/mol. The molecule has 1 aromatic rings. The monoisotopic (exact) mass is 214 g/mol. The molecular weight excluding hydrogens is 192 g/mol. The van der Waals surface area contributed by atoms with Crippen molar-refractivity contribution in [3.63, 3.8) is 0 Å². The summed E-state index contributed by atoms with van der Waals surface area (Å²) < 4.78 is 0. The minimum Gasteiger partial charge on any atom is -0.0704 e. The Morgan fingerprint density at radius 3 is 2.06 bits per heavy atom. The molecule has 3 atom stereocenters. The quantitative estimate of drug-likeness (QED) is 0.637. The Morgan fingerprint density at radius 2 is 1.56 bits per heavy atom. The zero-order chi connectivity index (χ0) is 11.7. The van der Waals surface area contributed by atoms with Crippen LogP contribution in [0.2, 0.25) is 0 Å². The second-order valence-corrected chi connectivity index (χ2v) is 5.31. The maximum atomic E-state index is 2.39. The van der Waals surface area contributed by atoms with Crippen LogP contribution in [0.15, 0.2) is 41.5 Å². The fraction of sp³-hybridized carbons (Fsp3) is 0.500. The van der Waals surface area contributed by atoms with Crippen LogP contribution in [0.4, 0.5) is 0 Å². The van der Waals surface area contributed by atoms with Crippen molar-refractivity contribution in [3.05, 3.63) is 47.0 Å². The van der Waals surface area contributed by atoms with Crippen molar-refractivity contribution in [2.24, 2.45) is 17.8 Å². The lowest BCUT2D eigenvalue weighted by Gasteiger charge is -2.16. The van der Waals surface area contributed by atoms with E-state index in [0.29, 0.717) is 0 Å². The second kappa shape index (κ2) is 4.45. The minimum absolute atomic E-state index is 0.746. The summed E-state index contributed by atoms with van der Waals surface area (Å²) >= 11 is 0. The Hall–Kier alpha value is -1.04. The SMILES string of the molecule is CC1=C(Cc2ccccc2)C(C)C(C)C1C. The van der Waals surface area contributed by atoms with Crippen molar-refractivity contribution >= 4 is 0 Å². The molecule has 0 spiro atoms. The maximum absolute atomic E-state index is 2.39. The lowest BCUT2D eigenvalue weighted by molar-refractivity contribution is 0.388. The fourth-order valence-electron chi connectivity index (χ4n) is 2.91. The van der Waals surface area contributed by atoms with Gasteiger partial charge >= 0.3 is 0 Å². The van der Waals surface area contributed by atoms with Crippen molar-refractivity contribution < 1.29 is 0 Å². The van der Waals surface area contributed by atoms with E-state index in [1.807, 2.05) is 0 Å². The summed E-state index contributed by atoms with van der Waals surface area (Å²) in [6.45, 7) is 9.46. The van der Waals surface area contributed by atoms with Crippen LogP contribution in [-0.4, -0.2) is 0 Å². The Morgan fingerprint density at radius 1 is 0.938 bits per heavy atom.